The highest BCUT2D eigenvalue weighted by Crippen LogP contribution is 2.25. The lowest BCUT2D eigenvalue weighted by Crippen LogP contribution is -2.26. The first-order valence-corrected chi connectivity index (χ1v) is 5.39. The number of aromatic nitrogens is 2. The Hall–Kier alpha value is -1.56. The Labute approximate surface area is 96.4 Å². The van der Waals surface area contributed by atoms with E-state index in [1.165, 1.54) is 6.33 Å². The highest BCUT2D eigenvalue weighted by Gasteiger charge is 2.12. The minimum atomic E-state index is 0.583. The summed E-state index contributed by atoms with van der Waals surface area (Å²) in [5, 5.41) is 1.80. The molecular formula is C10H20N6. The second-order valence-corrected chi connectivity index (χ2v) is 3.64. The molecule has 6 heteroatoms. The minimum absolute atomic E-state index is 0.583. The van der Waals surface area contributed by atoms with Gasteiger partial charge in [0.05, 0.1) is 0 Å². The fraction of sp³-hybridized carbons (Fsp3) is 0.600. The van der Waals surface area contributed by atoms with Gasteiger partial charge in [-0.25, -0.2) is 15.0 Å². The lowest BCUT2D eigenvalue weighted by Gasteiger charge is -2.23. The van der Waals surface area contributed by atoms with Crippen LogP contribution in [-0.2, 0) is 0 Å². The van der Waals surface area contributed by atoms with E-state index in [-0.39, 0.29) is 0 Å². The summed E-state index contributed by atoms with van der Waals surface area (Å²) in [5.41, 5.74) is 9.66. The average molecular weight is 224 g/mol. The van der Waals surface area contributed by atoms with Crippen molar-refractivity contribution < 1.29 is 0 Å². The molecule has 0 aliphatic rings. The number of nitrogen functional groups attached to an aromatic ring is 1. The second-order valence-electron chi connectivity index (χ2n) is 3.64. The van der Waals surface area contributed by atoms with E-state index in [1.54, 1.807) is 5.01 Å². The van der Waals surface area contributed by atoms with E-state index in [0.717, 1.165) is 18.9 Å². The largest absolute Gasteiger partial charge is 0.393 e. The van der Waals surface area contributed by atoms with Crippen molar-refractivity contribution in [2.75, 3.05) is 43.2 Å². The molecule has 90 valence electrons. The summed E-state index contributed by atoms with van der Waals surface area (Å²) in [7, 11) is 3.78. The van der Waals surface area contributed by atoms with Gasteiger partial charge in [-0.15, -0.1) is 0 Å². The lowest BCUT2D eigenvalue weighted by molar-refractivity contribution is 0.492. The molecule has 0 aromatic carbocycles. The van der Waals surface area contributed by atoms with Gasteiger partial charge in [0.2, 0.25) is 0 Å². The number of hydrazine groups is 1. The highest BCUT2D eigenvalue weighted by molar-refractivity contribution is 5.74. The number of rotatable bonds is 5. The summed E-state index contributed by atoms with van der Waals surface area (Å²) in [4.78, 5) is 10.4. The summed E-state index contributed by atoms with van der Waals surface area (Å²) >= 11 is 0. The van der Waals surface area contributed by atoms with Crippen LogP contribution in [0.4, 0.5) is 17.3 Å². The molecule has 0 fully saturated rings. The molecule has 0 saturated carbocycles. The van der Waals surface area contributed by atoms with Crippen LogP contribution in [0.5, 0.6) is 0 Å². The van der Waals surface area contributed by atoms with Crippen LogP contribution in [0.2, 0.25) is 0 Å². The SMILES string of the molecule is CCN(CC)c1ncnc(NN(C)C)c1N. The first-order chi connectivity index (χ1) is 7.60. The van der Waals surface area contributed by atoms with Crippen LogP contribution in [0.1, 0.15) is 13.8 Å². The first kappa shape index (κ1) is 12.5. The van der Waals surface area contributed by atoms with Gasteiger partial charge in [-0.05, 0) is 13.8 Å². The van der Waals surface area contributed by atoms with Crippen molar-refractivity contribution in [2.24, 2.45) is 0 Å². The van der Waals surface area contributed by atoms with Crippen LogP contribution in [0, 0.1) is 0 Å². The standard InChI is InChI=1S/C10H20N6/c1-5-16(6-2)10-8(11)9(12-7-13-10)14-15(3)4/h7H,5-6,11H2,1-4H3,(H,12,13,14). The maximum absolute atomic E-state index is 6.03. The van der Waals surface area contributed by atoms with E-state index in [2.05, 4.69) is 34.1 Å². The van der Waals surface area contributed by atoms with Gasteiger partial charge in [0.1, 0.15) is 12.0 Å². The summed E-state index contributed by atoms with van der Waals surface area (Å²) in [6, 6.07) is 0. The quantitative estimate of drug-likeness (QED) is 0.721. The van der Waals surface area contributed by atoms with Gasteiger partial charge < -0.3 is 16.1 Å². The van der Waals surface area contributed by atoms with Crippen LogP contribution in [0.3, 0.4) is 0 Å². The second kappa shape index (κ2) is 5.50. The number of hydrogen-bond donors (Lipinski definition) is 2. The summed E-state index contributed by atoms with van der Waals surface area (Å²) in [6.45, 7) is 5.90. The van der Waals surface area contributed by atoms with Crippen LogP contribution in [0.25, 0.3) is 0 Å². The molecule has 16 heavy (non-hydrogen) atoms. The molecule has 6 nitrogen and oxygen atoms in total. The Morgan fingerprint density at radius 1 is 1.25 bits per heavy atom. The van der Waals surface area contributed by atoms with Crippen molar-refractivity contribution in [3.05, 3.63) is 6.33 Å². The van der Waals surface area contributed by atoms with Crippen LogP contribution in [0.15, 0.2) is 6.33 Å². The Kier molecular flexibility index (Phi) is 4.30. The Morgan fingerprint density at radius 3 is 2.38 bits per heavy atom. The molecule has 0 aliphatic heterocycles. The van der Waals surface area contributed by atoms with Crippen molar-refractivity contribution in [2.45, 2.75) is 13.8 Å². The number of hydrogen-bond acceptors (Lipinski definition) is 6. The molecule has 0 spiro atoms. The molecule has 1 aromatic rings. The fourth-order valence-corrected chi connectivity index (χ4v) is 1.46. The monoisotopic (exact) mass is 224 g/mol. The zero-order valence-electron chi connectivity index (χ0n) is 10.4. The van der Waals surface area contributed by atoms with E-state index >= 15 is 0 Å². The van der Waals surface area contributed by atoms with E-state index in [9.17, 15) is 0 Å². The number of anilines is 3. The van der Waals surface area contributed by atoms with Crippen molar-refractivity contribution in [3.63, 3.8) is 0 Å². The first-order valence-electron chi connectivity index (χ1n) is 5.39. The zero-order chi connectivity index (χ0) is 12.1. The van der Waals surface area contributed by atoms with Crippen molar-refractivity contribution in [1.29, 1.82) is 0 Å². The van der Waals surface area contributed by atoms with Crippen LogP contribution >= 0.6 is 0 Å². The lowest BCUT2D eigenvalue weighted by atomic mass is 10.4. The summed E-state index contributed by atoms with van der Waals surface area (Å²) in [5.74, 6) is 1.42. The van der Waals surface area contributed by atoms with Gasteiger partial charge in [-0.3, -0.25) is 0 Å². The van der Waals surface area contributed by atoms with Gasteiger partial charge in [0.15, 0.2) is 11.6 Å². The van der Waals surface area contributed by atoms with Crippen molar-refractivity contribution in [3.8, 4) is 0 Å². The van der Waals surface area contributed by atoms with Gasteiger partial charge in [-0.1, -0.05) is 0 Å². The van der Waals surface area contributed by atoms with E-state index in [0.29, 0.717) is 11.5 Å². The third kappa shape index (κ3) is 2.73. The van der Waals surface area contributed by atoms with Gasteiger partial charge in [-0.2, -0.15) is 0 Å². The zero-order valence-corrected chi connectivity index (χ0v) is 10.4. The van der Waals surface area contributed by atoms with E-state index < -0.39 is 0 Å². The van der Waals surface area contributed by atoms with Crippen LogP contribution < -0.4 is 16.1 Å². The number of nitrogens with two attached hydrogens (primary N) is 1. The van der Waals surface area contributed by atoms with E-state index in [1.807, 2.05) is 14.1 Å². The molecule has 3 N–H and O–H groups in total. The highest BCUT2D eigenvalue weighted by atomic mass is 15.5. The minimum Gasteiger partial charge on any atom is -0.393 e. The smallest absolute Gasteiger partial charge is 0.169 e. The predicted octanol–water partition coefficient (Wildman–Crippen LogP) is 0.794. The molecule has 0 aliphatic carbocycles. The fourth-order valence-electron chi connectivity index (χ4n) is 1.46. The Balaban J connectivity index is 3.02. The van der Waals surface area contributed by atoms with Crippen molar-refractivity contribution in [1.82, 2.24) is 15.0 Å². The molecule has 1 aromatic heterocycles. The molecule has 0 bridgehead atoms. The van der Waals surface area contributed by atoms with Gasteiger partial charge >= 0.3 is 0 Å². The van der Waals surface area contributed by atoms with Gasteiger partial charge in [0.25, 0.3) is 0 Å². The Bertz CT molecular complexity index is 334. The summed E-state index contributed by atoms with van der Waals surface area (Å²) < 4.78 is 0. The molecular weight excluding hydrogens is 204 g/mol. The van der Waals surface area contributed by atoms with Gasteiger partial charge in [0, 0.05) is 27.2 Å². The molecule has 0 atom stereocenters. The maximum atomic E-state index is 6.03. The normalized spacial score (nSPS) is 10.6. The molecule has 1 rings (SSSR count). The van der Waals surface area contributed by atoms with Crippen molar-refractivity contribution >= 4 is 17.3 Å². The average Bonchev–Trinajstić information content (AvgIpc) is 2.24. The molecule has 1 heterocycles. The predicted molar refractivity (Wildman–Crippen MR) is 67.3 cm³/mol. The topological polar surface area (TPSA) is 70.3 Å². The summed E-state index contributed by atoms with van der Waals surface area (Å²) in [6.07, 6.45) is 1.52. The van der Waals surface area contributed by atoms with Crippen LogP contribution in [-0.4, -0.2) is 42.2 Å². The molecule has 0 saturated heterocycles. The number of nitrogens with zero attached hydrogens (tertiary/aromatic N) is 4. The Morgan fingerprint density at radius 2 is 1.88 bits per heavy atom. The third-order valence-electron chi connectivity index (χ3n) is 2.26. The molecule has 0 unspecified atom stereocenters. The maximum Gasteiger partial charge on any atom is 0.169 e. The molecule has 0 amide bonds. The molecule has 0 radical (unpaired) electrons. The van der Waals surface area contributed by atoms with E-state index in [4.69, 9.17) is 5.73 Å². The third-order valence-corrected chi connectivity index (χ3v) is 2.26. The number of nitrogens with one attached hydrogen (secondary N) is 1.